The Morgan fingerprint density at radius 1 is 1.16 bits per heavy atom. The van der Waals surface area contributed by atoms with Gasteiger partial charge in [-0.25, -0.2) is 4.39 Å². The molecule has 0 unspecified atom stereocenters. The summed E-state index contributed by atoms with van der Waals surface area (Å²) >= 11 is 4.91. The van der Waals surface area contributed by atoms with Crippen LogP contribution in [0, 0.1) is 5.82 Å². The predicted molar refractivity (Wildman–Crippen MR) is 79.9 cm³/mol. The second-order valence-electron chi connectivity index (χ2n) is 3.97. The summed E-state index contributed by atoms with van der Waals surface area (Å²) in [5.74, 6) is 0.0671. The lowest BCUT2D eigenvalue weighted by Crippen LogP contribution is -2.30. The molecule has 0 heterocycles. The lowest BCUT2D eigenvalue weighted by atomic mass is 9.80. The van der Waals surface area contributed by atoms with Crippen LogP contribution in [0.1, 0.15) is 5.56 Å². The van der Waals surface area contributed by atoms with E-state index in [0.29, 0.717) is 11.3 Å². The highest BCUT2D eigenvalue weighted by molar-refractivity contribution is 9.10. The first-order valence-corrected chi connectivity index (χ1v) is 7.37. The molecule has 0 saturated carbocycles. The highest BCUT2D eigenvalue weighted by Crippen LogP contribution is 2.26. The van der Waals surface area contributed by atoms with Gasteiger partial charge >= 0.3 is 7.12 Å². The largest absolute Gasteiger partial charge is 0.488 e. The van der Waals surface area contributed by atoms with E-state index in [1.165, 1.54) is 17.8 Å². The van der Waals surface area contributed by atoms with Crippen molar-refractivity contribution in [1.82, 2.24) is 0 Å². The standard InChI is InChI=1S/C13H11BBrFO2S/c15-11-2-1-3-12(7-11)19-8-9-4-5-10(14(17)18)6-13(9)16/h1-7,17-18H,8H2. The molecule has 0 aromatic heterocycles. The van der Waals surface area contributed by atoms with Crippen molar-refractivity contribution in [2.45, 2.75) is 10.6 Å². The Morgan fingerprint density at radius 3 is 2.58 bits per heavy atom. The third-order valence-corrected chi connectivity index (χ3v) is 4.10. The predicted octanol–water partition coefficient (Wildman–Crippen LogP) is 2.56. The Labute approximate surface area is 123 Å². The molecule has 0 aliphatic carbocycles. The van der Waals surface area contributed by atoms with Gasteiger partial charge < -0.3 is 10.0 Å². The molecule has 0 aliphatic heterocycles. The Hall–Kier alpha value is -0.815. The fourth-order valence-corrected chi connectivity index (χ4v) is 3.05. The van der Waals surface area contributed by atoms with Gasteiger partial charge in [-0.05, 0) is 35.3 Å². The van der Waals surface area contributed by atoms with Crippen molar-refractivity contribution in [1.29, 1.82) is 0 Å². The van der Waals surface area contributed by atoms with Crippen molar-refractivity contribution in [2.24, 2.45) is 0 Å². The lowest BCUT2D eigenvalue weighted by molar-refractivity contribution is 0.425. The Kier molecular flexibility index (Phi) is 5.04. The number of thioether (sulfide) groups is 1. The zero-order chi connectivity index (χ0) is 13.8. The maximum absolute atomic E-state index is 13.7. The first-order chi connectivity index (χ1) is 9.06. The van der Waals surface area contributed by atoms with E-state index in [1.807, 2.05) is 24.3 Å². The van der Waals surface area contributed by atoms with Gasteiger partial charge in [0.1, 0.15) is 5.82 Å². The molecule has 0 saturated heterocycles. The van der Waals surface area contributed by atoms with Crippen molar-refractivity contribution < 1.29 is 14.4 Å². The quantitative estimate of drug-likeness (QED) is 0.664. The number of rotatable bonds is 4. The van der Waals surface area contributed by atoms with Crippen molar-refractivity contribution in [3.8, 4) is 0 Å². The zero-order valence-electron chi connectivity index (χ0n) is 9.88. The summed E-state index contributed by atoms with van der Waals surface area (Å²) in [7, 11) is -1.64. The fourth-order valence-electron chi connectivity index (χ4n) is 1.56. The minimum atomic E-state index is -1.64. The molecule has 2 rings (SSSR count). The van der Waals surface area contributed by atoms with Gasteiger partial charge in [-0.15, -0.1) is 11.8 Å². The maximum atomic E-state index is 13.7. The second-order valence-corrected chi connectivity index (χ2v) is 5.93. The molecule has 0 radical (unpaired) electrons. The summed E-state index contributed by atoms with van der Waals surface area (Å²) in [5, 5.41) is 17.9. The van der Waals surface area contributed by atoms with Gasteiger partial charge in [0, 0.05) is 15.1 Å². The molecule has 0 bridgehead atoms. The van der Waals surface area contributed by atoms with Crippen LogP contribution in [-0.2, 0) is 5.75 Å². The Morgan fingerprint density at radius 2 is 1.95 bits per heavy atom. The zero-order valence-corrected chi connectivity index (χ0v) is 12.3. The average molecular weight is 341 g/mol. The first-order valence-electron chi connectivity index (χ1n) is 5.59. The highest BCUT2D eigenvalue weighted by Gasteiger charge is 2.13. The van der Waals surface area contributed by atoms with Crippen LogP contribution in [0.15, 0.2) is 51.8 Å². The molecule has 2 nitrogen and oxygen atoms in total. The third kappa shape index (κ3) is 4.07. The monoisotopic (exact) mass is 340 g/mol. The molecule has 0 aliphatic rings. The van der Waals surface area contributed by atoms with E-state index in [2.05, 4.69) is 15.9 Å². The lowest BCUT2D eigenvalue weighted by Gasteiger charge is -2.06. The molecule has 0 spiro atoms. The van der Waals surface area contributed by atoms with Crippen molar-refractivity contribution in [2.75, 3.05) is 0 Å². The Balaban J connectivity index is 2.07. The molecular weight excluding hydrogens is 330 g/mol. The molecule has 2 aromatic rings. The van der Waals surface area contributed by atoms with Crippen molar-refractivity contribution >= 4 is 40.3 Å². The van der Waals surface area contributed by atoms with E-state index >= 15 is 0 Å². The molecule has 0 atom stereocenters. The van der Waals surface area contributed by atoms with Gasteiger partial charge in [0.15, 0.2) is 0 Å². The molecular formula is C13H11BBrFO2S. The average Bonchev–Trinajstić information content (AvgIpc) is 2.37. The van der Waals surface area contributed by atoms with Crippen LogP contribution < -0.4 is 5.46 Å². The van der Waals surface area contributed by atoms with Crippen LogP contribution >= 0.6 is 27.7 Å². The molecule has 0 amide bonds. The summed E-state index contributed by atoms with van der Waals surface area (Å²) in [5.41, 5.74) is 0.697. The van der Waals surface area contributed by atoms with Crippen LogP contribution in [0.25, 0.3) is 0 Å². The SMILES string of the molecule is OB(O)c1ccc(CSc2cccc(Br)c2)c(F)c1. The topological polar surface area (TPSA) is 40.5 Å². The van der Waals surface area contributed by atoms with Crippen LogP contribution in [-0.4, -0.2) is 17.2 Å². The van der Waals surface area contributed by atoms with Gasteiger partial charge in [-0.2, -0.15) is 0 Å². The minimum Gasteiger partial charge on any atom is -0.423 e. The van der Waals surface area contributed by atoms with Crippen LogP contribution in [0.2, 0.25) is 0 Å². The van der Waals surface area contributed by atoms with Gasteiger partial charge in [0.05, 0.1) is 0 Å². The van der Waals surface area contributed by atoms with Crippen LogP contribution in [0.5, 0.6) is 0 Å². The number of halogens is 2. The molecule has 2 aromatic carbocycles. The minimum absolute atomic E-state index is 0.161. The van der Waals surface area contributed by atoms with E-state index in [-0.39, 0.29) is 5.46 Å². The summed E-state index contributed by atoms with van der Waals surface area (Å²) in [6.07, 6.45) is 0. The van der Waals surface area contributed by atoms with Crippen LogP contribution in [0.4, 0.5) is 4.39 Å². The number of hydrogen-bond donors (Lipinski definition) is 2. The first kappa shape index (κ1) is 14.6. The van der Waals surface area contributed by atoms with Crippen molar-refractivity contribution in [3.05, 3.63) is 58.3 Å². The summed E-state index contributed by atoms with van der Waals surface area (Å²) in [4.78, 5) is 1.04. The molecule has 0 fully saturated rings. The normalized spacial score (nSPS) is 10.5. The van der Waals surface area contributed by atoms with Gasteiger partial charge in [-0.3, -0.25) is 0 Å². The van der Waals surface area contributed by atoms with Gasteiger partial charge in [-0.1, -0.05) is 34.1 Å². The smallest absolute Gasteiger partial charge is 0.423 e. The summed E-state index contributed by atoms with van der Waals surface area (Å²) in [6, 6.07) is 12.0. The van der Waals surface area contributed by atoms with E-state index < -0.39 is 12.9 Å². The second kappa shape index (κ2) is 6.57. The molecule has 98 valence electrons. The maximum Gasteiger partial charge on any atom is 0.488 e. The summed E-state index contributed by atoms with van der Waals surface area (Å²) in [6.45, 7) is 0. The fraction of sp³-hybridized carbons (Fsp3) is 0.0769. The van der Waals surface area contributed by atoms with Crippen LogP contribution in [0.3, 0.4) is 0 Å². The van der Waals surface area contributed by atoms with Crippen molar-refractivity contribution in [3.63, 3.8) is 0 Å². The Bertz CT molecular complexity index is 580. The molecule has 2 N–H and O–H groups in total. The van der Waals surface area contributed by atoms with E-state index in [9.17, 15) is 4.39 Å². The third-order valence-electron chi connectivity index (χ3n) is 2.57. The van der Waals surface area contributed by atoms with E-state index in [0.717, 1.165) is 15.4 Å². The molecule has 6 heteroatoms. The number of hydrogen-bond acceptors (Lipinski definition) is 3. The highest BCUT2D eigenvalue weighted by atomic mass is 79.9. The number of benzene rings is 2. The van der Waals surface area contributed by atoms with E-state index in [1.54, 1.807) is 6.07 Å². The molecule has 19 heavy (non-hydrogen) atoms. The van der Waals surface area contributed by atoms with Gasteiger partial charge in [0.25, 0.3) is 0 Å². The van der Waals surface area contributed by atoms with Gasteiger partial charge in [0.2, 0.25) is 0 Å². The van der Waals surface area contributed by atoms with E-state index in [4.69, 9.17) is 10.0 Å². The summed E-state index contributed by atoms with van der Waals surface area (Å²) < 4.78 is 14.7.